The van der Waals surface area contributed by atoms with E-state index in [4.69, 9.17) is 4.74 Å². The molecule has 1 fully saturated rings. The largest absolute Gasteiger partial charge is 0.380 e. The van der Waals surface area contributed by atoms with Crippen LogP contribution in [0.1, 0.15) is 12.0 Å². The van der Waals surface area contributed by atoms with E-state index in [9.17, 15) is 0 Å². The normalized spacial score (nSPS) is 25.9. The molecule has 0 unspecified atom stereocenters. The van der Waals surface area contributed by atoms with E-state index in [0.717, 1.165) is 13.0 Å². The topological polar surface area (TPSA) is 21.3 Å². The van der Waals surface area contributed by atoms with Crippen molar-refractivity contribution in [3.05, 3.63) is 35.9 Å². The second-order valence-corrected chi connectivity index (χ2v) is 3.48. The van der Waals surface area contributed by atoms with Gasteiger partial charge >= 0.3 is 0 Å². The molecule has 0 amide bonds. The van der Waals surface area contributed by atoms with Crippen LogP contribution in [0.5, 0.6) is 0 Å². The fraction of sp³-hybridized carbons (Fsp3) is 0.455. The van der Waals surface area contributed by atoms with Crippen LogP contribution in [0.25, 0.3) is 0 Å². The second kappa shape index (κ2) is 3.90. The smallest absolute Gasteiger partial charge is 0.0741 e. The van der Waals surface area contributed by atoms with Gasteiger partial charge in [-0.15, -0.1) is 0 Å². The van der Waals surface area contributed by atoms with E-state index in [-0.39, 0.29) is 0 Å². The van der Waals surface area contributed by atoms with Crippen LogP contribution in [0.15, 0.2) is 30.3 Å². The standard InChI is InChI=1S/C11H15NO/c1-13-11-7-10(11)12-8-9-5-3-2-4-6-9/h2-6,10-12H,7-8H2,1H3/t10-,11-/m1/s1. The van der Waals surface area contributed by atoms with Crippen molar-refractivity contribution in [2.24, 2.45) is 0 Å². The first kappa shape index (κ1) is 8.73. The van der Waals surface area contributed by atoms with E-state index < -0.39 is 0 Å². The molecule has 0 radical (unpaired) electrons. The highest BCUT2D eigenvalue weighted by atomic mass is 16.5. The summed E-state index contributed by atoms with van der Waals surface area (Å²) in [7, 11) is 1.77. The van der Waals surface area contributed by atoms with E-state index in [1.54, 1.807) is 7.11 Å². The minimum Gasteiger partial charge on any atom is -0.380 e. The molecule has 0 spiro atoms. The average Bonchev–Trinajstić information content (AvgIpc) is 2.95. The van der Waals surface area contributed by atoms with Gasteiger partial charge in [0.15, 0.2) is 0 Å². The molecule has 1 aromatic rings. The van der Waals surface area contributed by atoms with Gasteiger partial charge in [0.05, 0.1) is 6.10 Å². The lowest BCUT2D eigenvalue weighted by atomic mass is 10.2. The predicted molar refractivity (Wildman–Crippen MR) is 52.5 cm³/mol. The van der Waals surface area contributed by atoms with Gasteiger partial charge in [0, 0.05) is 19.7 Å². The summed E-state index contributed by atoms with van der Waals surface area (Å²) in [5.74, 6) is 0. The molecule has 0 aromatic heterocycles. The van der Waals surface area contributed by atoms with E-state index in [1.165, 1.54) is 5.56 Å². The number of hydrogen-bond acceptors (Lipinski definition) is 2. The molecule has 0 bridgehead atoms. The molecule has 70 valence electrons. The van der Waals surface area contributed by atoms with Gasteiger partial charge in [-0.05, 0) is 12.0 Å². The molecular weight excluding hydrogens is 162 g/mol. The Kier molecular flexibility index (Phi) is 2.62. The second-order valence-electron chi connectivity index (χ2n) is 3.48. The number of hydrogen-bond donors (Lipinski definition) is 1. The molecule has 0 heterocycles. The van der Waals surface area contributed by atoms with Crippen LogP contribution < -0.4 is 5.32 Å². The molecule has 13 heavy (non-hydrogen) atoms. The van der Waals surface area contributed by atoms with Crippen molar-refractivity contribution in [3.8, 4) is 0 Å². The first-order chi connectivity index (χ1) is 6.40. The monoisotopic (exact) mass is 177 g/mol. The Labute approximate surface area is 78.9 Å². The van der Waals surface area contributed by atoms with Gasteiger partial charge in [0.25, 0.3) is 0 Å². The van der Waals surface area contributed by atoms with Crippen molar-refractivity contribution in [1.82, 2.24) is 5.32 Å². The maximum Gasteiger partial charge on any atom is 0.0741 e. The highest BCUT2D eigenvalue weighted by Crippen LogP contribution is 2.24. The molecule has 1 aliphatic carbocycles. The Morgan fingerprint density at radius 1 is 1.38 bits per heavy atom. The summed E-state index contributed by atoms with van der Waals surface area (Å²) in [6, 6.07) is 11.0. The van der Waals surface area contributed by atoms with Gasteiger partial charge < -0.3 is 10.1 Å². The number of rotatable bonds is 4. The zero-order valence-electron chi connectivity index (χ0n) is 7.86. The van der Waals surface area contributed by atoms with Crippen LogP contribution in [0, 0.1) is 0 Å². The van der Waals surface area contributed by atoms with Crippen molar-refractivity contribution in [3.63, 3.8) is 0 Å². The van der Waals surface area contributed by atoms with E-state index in [0.29, 0.717) is 12.1 Å². The molecule has 2 nitrogen and oxygen atoms in total. The van der Waals surface area contributed by atoms with Crippen molar-refractivity contribution in [2.45, 2.75) is 25.1 Å². The summed E-state index contributed by atoms with van der Waals surface area (Å²) >= 11 is 0. The number of methoxy groups -OCH3 is 1. The minimum absolute atomic E-state index is 0.448. The van der Waals surface area contributed by atoms with Crippen LogP contribution in [0.4, 0.5) is 0 Å². The summed E-state index contributed by atoms with van der Waals surface area (Å²) in [4.78, 5) is 0. The average molecular weight is 177 g/mol. The molecule has 0 aliphatic heterocycles. The molecule has 1 aliphatic rings. The third-order valence-corrected chi connectivity index (χ3v) is 2.45. The molecule has 1 aromatic carbocycles. The van der Waals surface area contributed by atoms with Crippen molar-refractivity contribution < 1.29 is 4.74 Å². The quantitative estimate of drug-likeness (QED) is 0.753. The summed E-state index contributed by atoms with van der Waals surface area (Å²) in [6.07, 6.45) is 1.60. The predicted octanol–water partition coefficient (Wildman–Crippen LogP) is 1.56. The molecule has 2 atom stereocenters. The van der Waals surface area contributed by atoms with Crippen LogP contribution >= 0.6 is 0 Å². The lowest BCUT2D eigenvalue weighted by molar-refractivity contribution is 0.173. The zero-order chi connectivity index (χ0) is 9.10. The van der Waals surface area contributed by atoms with Gasteiger partial charge in [0.1, 0.15) is 0 Å². The Hall–Kier alpha value is -0.860. The summed E-state index contributed by atoms with van der Waals surface area (Å²) in [5, 5.41) is 3.45. The summed E-state index contributed by atoms with van der Waals surface area (Å²) in [5.41, 5.74) is 1.34. The van der Waals surface area contributed by atoms with Gasteiger partial charge in [-0.2, -0.15) is 0 Å². The van der Waals surface area contributed by atoms with E-state index in [2.05, 4.69) is 29.6 Å². The summed E-state index contributed by atoms with van der Waals surface area (Å²) in [6.45, 7) is 0.950. The Bertz CT molecular complexity index is 260. The molecular formula is C11H15NO. The molecule has 1 saturated carbocycles. The summed E-state index contributed by atoms with van der Waals surface area (Å²) < 4.78 is 5.20. The first-order valence-corrected chi connectivity index (χ1v) is 4.70. The third kappa shape index (κ3) is 2.29. The number of nitrogens with one attached hydrogen (secondary N) is 1. The van der Waals surface area contributed by atoms with E-state index in [1.807, 2.05) is 6.07 Å². The first-order valence-electron chi connectivity index (χ1n) is 4.70. The van der Waals surface area contributed by atoms with Crippen molar-refractivity contribution >= 4 is 0 Å². The Morgan fingerprint density at radius 3 is 2.77 bits per heavy atom. The SMILES string of the molecule is CO[C@@H]1C[C@H]1NCc1ccccc1. The van der Waals surface area contributed by atoms with E-state index >= 15 is 0 Å². The molecule has 2 rings (SSSR count). The van der Waals surface area contributed by atoms with Crippen molar-refractivity contribution in [1.29, 1.82) is 0 Å². The van der Waals surface area contributed by atoms with Gasteiger partial charge in [-0.25, -0.2) is 0 Å². The molecule has 0 saturated heterocycles. The van der Waals surface area contributed by atoms with Crippen LogP contribution in [-0.2, 0) is 11.3 Å². The zero-order valence-corrected chi connectivity index (χ0v) is 7.86. The third-order valence-electron chi connectivity index (χ3n) is 2.45. The van der Waals surface area contributed by atoms with Crippen LogP contribution in [0.2, 0.25) is 0 Å². The molecule has 1 N–H and O–H groups in total. The number of benzene rings is 1. The lowest BCUT2D eigenvalue weighted by Gasteiger charge is -2.02. The van der Waals surface area contributed by atoms with Crippen molar-refractivity contribution in [2.75, 3.05) is 7.11 Å². The Morgan fingerprint density at radius 2 is 2.15 bits per heavy atom. The van der Waals surface area contributed by atoms with Crippen LogP contribution in [0.3, 0.4) is 0 Å². The number of ether oxygens (including phenoxy) is 1. The molecule has 2 heteroatoms. The minimum atomic E-state index is 0.448. The van der Waals surface area contributed by atoms with Gasteiger partial charge in [0.2, 0.25) is 0 Å². The van der Waals surface area contributed by atoms with Gasteiger partial charge in [-0.1, -0.05) is 30.3 Å². The van der Waals surface area contributed by atoms with Gasteiger partial charge in [-0.3, -0.25) is 0 Å². The highest BCUT2D eigenvalue weighted by Gasteiger charge is 2.36. The lowest BCUT2D eigenvalue weighted by Crippen LogP contribution is -2.19. The fourth-order valence-electron chi connectivity index (χ4n) is 1.49. The Balaban J connectivity index is 1.75. The highest BCUT2D eigenvalue weighted by molar-refractivity contribution is 5.14. The maximum absolute atomic E-state index is 5.20. The maximum atomic E-state index is 5.20. The fourth-order valence-corrected chi connectivity index (χ4v) is 1.49. The van der Waals surface area contributed by atoms with Crippen LogP contribution in [-0.4, -0.2) is 19.3 Å².